The Hall–Kier alpha value is -0.550. The van der Waals surface area contributed by atoms with Gasteiger partial charge in [0.15, 0.2) is 5.03 Å². The smallest absolute Gasteiger partial charge is 0.265 e. The van der Waals surface area contributed by atoms with Crippen LogP contribution in [-0.2, 0) is 10.0 Å². The van der Waals surface area contributed by atoms with Crippen molar-refractivity contribution in [1.29, 1.82) is 0 Å². The molecule has 0 saturated heterocycles. The summed E-state index contributed by atoms with van der Waals surface area (Å²) in [5.41, 5.74) is -0.475. The molecule has 0 fully saturated rings. The Kier molecular flexibility index (Phi) is 4.02. The maximum absolute atomic E-state index is 12.6. The summed E-state index contributed by atoms with van der Waals surface area (Å²) in [6, 6.07) is 0.973. The second-order valence-electron chi connectivity index (χ2n) is 2.72. The molecule has 0 aliphatic carbocycles. The summed E-state index contributed by atoms with van der Waals surface area (Å²) >= 11 is 1.46. The van der Waals surface area contributed by atoms with Gasteiger partial charge in [0, 0.05) is 11.6 Å². The fraction of sp³-hybridized carbons (Fsp3) is 0.286. The van der Waals surface area contributed by atoms with Crippen molar-refractivity contribution in [2.24, 2.45) is 5.14 Å². The minimum absolute atomic E-state index is 0.198. The van der Waals surface area contributed by atoms with Crippen LogP contribution in [0, 0.1) is 3.57 Å². The number of sulfonamides is 1. The molecule has 0 amide bonds. The van der Waals surface area contributed by atoms with E-state index in [0.29, 0.717) is 0 Å². The van der Waals surface area contributed by atoms with Crippen molar-refractivity contribution >= 4 is 32.6 Å². The molecule has 0 bridgehead atoms. The summed E-state index contributed by atoms with van der Waals surface area (Å²) in [6.07, 6.45) is -2.83. The Labute approximate surface area is 104 Å². The highest BCUT2D eigenvalue weighted by molar-refractivity contribution is 14.1. The predicted octanol–water partition coefficient (Wildman–Crippen LogP) is 1.28. The number of methoxy groups -OCH3 is 1. The van der Waals surface area contributed by atoms with Gasteiger partial charge in [0.2, 0.25) is 5.88 Å². The first-order valence-electron chi connectivity index (χ1n) is 3.82. The molecule has 90 valence electrons. The number of primary sulfonamides is 1. The minimum Gasteiger partial charge on any atom is -0.481 e. The molecule has 16 heavy (non-hydrogen) atoms. The van der Waals surface area contributed by atoms with Crippen LogP contribution in [0.1, 0.15) is 12.0 Å². The van der Waals surface area contributed by atoms with E-state index in [1.807, 2.05) is 0 Å². The average molecular weight is 364 g/mol. The molecule has 0 aliphatic heterocycles. The lowest BCUT2D eigenvalue weighted by Gasteiger charge is -2.09. The summed E-state index contributed by atoms with van der Waals surface area (Å²) < 4.78 is 51.8. The largest absolute Gasteiger partial charge is 0.481 e. The lowest BCUT2D eigenvalue weighted by Crippen LogP contribution is -2.17. The Bertz CT molecular complexity index is 507. The van der Waals surface area contributed by atoms with E-state index in [0.717, 1.165) is 6.07 Å². The quantitative estimate of drug-likeness (QED) is 0.820. The molecule has 1 rings (SSSR count). The second kappa shape index (κ2) is 4.75. The number of nitrogens with two attached hydrogens (primary N) is 1. The van der Waals surface area contributed by atoms with Gasteiger partial charge in [0.25, 0.3) is 16.4 Å². The molecule has 9 heteroatoms. The molecular formula is C7H7F2IN2O3S. The molecule has 0 aliphatic rings. The molecule has 2 N–H and O–H groups in total. The minimum atomic E-state index is -4.15. The van der Waals surface area contributed by atoms with E-state index >= 15 is 0 Å². The van der Waals surface area contributed by atoms with E-state index in [2.05, 4.69) is 9.72 Å². The molecular weight excluding hydrogens is 357 g/mol. The van der Waals surface area contributed by atoms with Crippen molar-refractivity contribution in [1.82, 2.24) is 4.98 Å². The van der Waals surface area contributed by atoms with Crippen LogP contribution in [0.4, 0.5) is 8.78 Å². The third-order valence-corrected chi connectivity index (χ3v) is 3.98. The molecule has 1 aromatic heterocycles. The molecule has 0 unspecified atom stereocenters. The standard InChI is InChI=1S/C7H7F2IN2O3S/c1-15-4-2-3(6(8)9)5(10)7(12-4)16(11,13)14/h2,6H,1H3,(H2,11,13,14). The van der Waals surface area contributed by atoms with Crippen molar-refractivity contribution in [3.8, 4) is 5.88 Å². The van der Waals surface area contributed by atoms with Gasteiger partial charge in [-0.3, -0.25) is 0 Å². The zero-order chi connectivity index (χ0) is 12.5. The first-order valence-corrected chi connectivity index (χ1v) is 6.45. The topological polar surface area (TPSA) is 82.3 Å². The second-order valence-corrected chi connectivity index (χ2v) is 5.27. The third-order valence-electron chi connectivity index (χ3n) is 1.65. The summed E-state index contributed by atoms with van der Waals surface area (Å²) in [4.78, 5) is 3.53. The van der Waals surface area contributed by atoms with Gasteiger partial charge in [-0.2, -0.15) is 4.98 Å². The number of nitrogens with zero attached hydrogens (tertiary/aromatic N) is 1. The van der Waals surface area contributed by atoms with E-state index in [1.165, 1.54) is 29.7 Å². The fourth-order valence-electron chi connectivity index (χ4n) is 0.953. The van der Waals surface area contributed by atoms with E-state index in [1.54, 1.807) is 0 Å². The van der Waals surface area contributed by atoms with Gasteiger partial charge in [-0.15, -0.1) is 0 Å². The Morgan fingerprint density at radius 1 is 1.56 bits per heavy atom. The highest BCUT2D eigenvalue weighted by atomic mass is 127. The summed E-state index contributed by atoms with van der Waals surface area (Å²) in [5, 5.41) is 4.25. The van der Waals surface area contributed by atoms with Crippen LogP contribution in [0.3, 0.4) is 0 Å². The molecule has 1 heterocycles. The van der Waals surface area contributed by atoms with Crippen LogP contribution in [0.2, 0.25) is 0 Å². The first-order chi connectivity index (χ1) is 7.27. The Morgan fingerprint density at radius 3 is 2.50 bits per heavy atom. The number of hydrogen-bond acceptors (Lipinski definition) is 4. The van der Waals surface area contributed by atoms with E-state index in [4.69, 9.17) is 5.14 Å². The van der Waals surface area contributed by atoms with Crippen LogP contribution >= 0.6 is 22.6 Å². The average Bonchev–Trinajstić information content (AvgIpc) is 2.15. The highest BCUT2D eigenvalue weighted by Gasteiger charge is 2.23. The van der Waals surface area contributed by atoms with Gasteiger partial charge in [-0.1, -0.05) is 0 Å². The van der Waals surface area contributed by atoms with Crippen LogP contribution in [0.25, 0.3) is 0 Å². The summed E-state index contributed by atoms with van der Waals surface area (Å²) in [7, 11) is -2.96. The van der Waals surface area contributed by atoms with Crippen molar-refractivity contribution < 1.29 is 21.9 Å². The van der Waals surface area contributed by atoms with Crippen molar-refractivity contribution in [3.63, 3.8) is 0 Å². The highest BCUT2D eigenvalue weighted by Crippen LogP contribution is 2.30. The summed E-state index contributed by atoms with van der Waals surface area (Å²) in [6.45, 7) is 0. The number of pyridine rings is 1. The van der Waals surface area contributed by atoms with Gasteiger partial charge >= 0.3 is 0 Å². The number of ether oxygens (including phenoxy) is 1. The lowest BCUT2D eigenvalue weighted by molar-refractivity contribution is 0.149. The number of rotatable bonds is 3. The first kappa shape index (κ1) is 13.5. The predicted molar refractivity (Wildman–Crippen MR) is 59.8 cm³/mol. The van der Waals surface area contributed by atoms with Gasteiger partial charge < -0.3 is 4.74 Å². The zero-order valence-corrected chi connectivity index (χ0v) is 10.9. The zero-order valence-electron chi connectivity index (χ0n) is 7.95. The van der Waals surface area contributed by atoms with E-state index < -0.39 is 27.0 Å². The molecule has 1 aromatic rings. The van der Waals surface area contributed by atoms with Crippen LogP contribution < -0.4 is 9.88 Å². The van der Waals surface area contributed by atoms with E-state index in [9.17, 15) is 17.2 Å². The molecule has 0 spiro atoms. The molecule has 0 radical (unpaired) electrons. The number of halogens is 3. The molecule has 0 atom stereocenters. The van der Waals surface area contributed by atoms with Crippen LogP contribution in [0.5, 0.6) is 5.88 Å². The number of alkyl halides is 2. The van der Waals surface area contributed by atoms with Gasteiger partial charge in [0.05, 0.1) is 10.7 Å². The monoisotopic (exact) mass is 364 g/mol. The fourth-order valence-corrected chi connectivity index (χ4v) is 2.97. The Morgan fingerprint density at radius 2 is 2.12 bits per heavy atom. The van der Waals surface area contributed by atoms with Gasteiger partial charge in [0.1, 0.15) is 0 Å². The summed E-state index contributed by atoms with van der Waals surface area (Å²) in [5.74, 6) is -0.222. The maximum atomic E-state index is 12.6. The van der Waals surface area contributed by atoms with Crippen molar-refractivity contribution in [3.05, 3.63) is 15.2 Å². The normalized spacial score (nSPS) is 11.9. The van der Waals surface area contributed by atoms with E-state index in [-0.39, 0.29) is 9.45 Å². The van der Waals surface area contributed by atoms with Gasteiger partial charge in [-0.25, -0.2) is 22.3 Å². The number of aromatic nitrogens is 1. The Balaban J connectivity index is 3.56. The van der Waals surface area contributed by atoms with Crippen LogP contribution in [0.15, 0.2) is 11.1 Å². The maximum Gasteiger partial charge on any atom is 0.265 e. The molecule has 5 nitrogen and oxygen atoms in total. The third kappa shape index (κ3) is 2.77. The van der Waals surface area contributed by atoms with Crippen molar-refractivity contribution in [2.75, 3.05) is 7.11 Å². The van der Waals surface area contributed by atoms with Crippen molar-refractivity contribution in [2.45, 2.75) is 11.5 Å². The SMILES string of the molecule is COc1cc(C(F)F)c(I)c(S(N)(=O)=O)n1. The lowest BCUT2D eigenvalue weighted by atomic mass is 10.3. The molecule has 0 aromatic carbocycles. The molecule has 0 saturated carbocycles. The van der Waals surface area contributed by atoms with Gasteiger partial charge in [-0.05, 0) is 22.6 Å². The number of hydrogen-bond donors (Lipinski definition) is 1. The van der Waals surface area contributed by atoms with Crippen LogP contribution in [-0.4, -0.2) is 20.5 Å².